The van der Waals surface area contributed by atoms with Gasteiger partial charge in [0.05, 0.1) is 0 Å². The Morgan fingerprint density at radius 1 is 1.31 bits per heavy atom. The van der Waals surface area contributed by atoms with Gasteiger partial charge in [0.1, 0.15) is 13.1 Å². The standard InChI is InChI=1S/C12H20INSSi/c1-16(2,3)9-8-12(15)14-11-7-5-4-6-10(11)13/h10-11H,4-7H2,1-3H3,(H,14,15)/t10-,11-/m1/s1. The molecule has 0 amide bonds. The highest BCUT2D eigenvalue weighted by Crippen LogP contribution is 2.24. The number of thiocarbonyl (C=S) groups is 1. The Bertz CT molecular complexity index is 313. The molecule has 90 valence electrons. The summed E-state index contributed by atoms with van der Waals surface area (Å²) in [5.41, 5.74) is 3.31. The van der Waals surface area contributed by atoms with Gasteiger partial charge < -0.3 is 5.32 Å². The zero-order valence-electron chi connectivity index (χ0n) is 10.3. The minimum absolute atomic E-state index is 0.540. The van der Waals surface area contributed by atoms with Crippen LogP contribution in [0.1, 0.15) is 25.7 Å². The second kappa shape index (κ2) is 6.36. The first kappa shape index (κ1) is 14.5. The lowest BCUT2D eigenvalue weighted by Gasteiger charge is -2.28. The minimum atomic E-state index is -1.29. The van der Waals surface area contributed by atoms with Crippen LogP contribution in [0.5, 0.6) is 0 Å². The highest BCUT2D eigenvalue weighted by molar-refractivity contribution is 14.1. The van der Waals surface area contributed by atoms with E-state index in [0.29, 0.717) is 9.97 Å². The van der Waals surface area contributed by atoms with Crippen LogP contribution in [0.2, 0.25) is 19.6 Å². The van der Waals surface area contributed by atoms with Crippen LogP contribution in [-0.2, 0) is 0 Å². The maximum Gasteiger partial charge on any atom is 0.150 e. The lowest BCUT2D eigenvalue weighted by atomic mass is 9.95. The Morgan fingerprint density at radius 2 is 1.94 bits per heavy atom. The van der Waals surface area contributed by atoms with Crippen LogP contribution in [0.15, 0.2) is 0 Å². The summed E-state index contributed by atoms with van der Waals surface area (Å²) in [6, 6.07) is 0.540. The first-order chi connectivity index (χ1) is 7.38. The van der Waals surface area contributed by atoms with Crippen molar-refractivity contribution in [1.82, 2.24) is 5.32 Å². The summed E-state index contributed by atoms with van der Waals surface area (Å²) >= 11 is 7.83. The molecule has 0 heterocycles. The number of nitrogens with one attached hydrogen (secondary N) is 1. The second-order valence-electron chi connectivity index (χ2n) is 5.38. The van der Waals surface area contributed by atoms with E-state index in [1.807, 2.05) is 0 Å². The molecule has 0 spiro atoms. The third-order valence-electron chi connectivity index (χ3n) is 2.55. The van der Waals surface area contributed by atoms with Gasteiger partial charge in [-0.05, 0) is 18.8 Å². The van der Waals surface area contributed by atoms with Gasteiger partial charge in [0.2, 0.25) is 0 Å². The monoisotopic (exact) mass is 365 g/mol. The minimum Gasteiger partial charge on any atom is -0.366 e. The van der Waals surface area contributed by atoms with Crippen molar-refractivity contribution >= 4 is 47.9 Å². The van der Waals surface area contributed by atoms with Gasteiger partial charge >= 0.3 is 0 Å². The molecule has 0 aromatic heterocycles. The summed E-state index contributed by atoms with van der Waals surface area (Å²) in [7, 11) is -1.29. The van der Waals surface area contributed by atoms with Crippen molar-refractivity contribution in [3.8, 4) is 11.5 Å². The summed E-state index contributed by atoms with van der Waals surface area (Å²) in [6.45, 7) is 6.72. The molecular weight excluding hydrogens is 345 g/mol. The number of rotatable bonds is 1. The molecule has 1 fully saturated rings. The molecule has 0 saturated heterocycles. The van der Waals surface area contributed by atoms with Gasteiger partial charge in [-0.3, -0.25) is 0 Å². The molecular formula is C12H20INSSi. The zero-order chi connectivity index (χ0) is 12.2. The first-order valence-electron chi connectivity index (χ1n) is 5.86. The quantitative estimate of drug-likeness (QED) is 0.251. The molecule has 1 nitrogen and oxygen atoms in total. The van der Waals surface area contributed by atoms with E-state index in [-0.39, 0.29) is 0 Å². The van der Waals surface area contributed by atoms with E-state index < -0.39 is 8.07 Å². The number of hydrogen-bond donors (Lipinski definition) is 1. The molecule has 0 unspecified atom stereocenters. The fraction of sp³-hybridized carbons (Fsp3) is 0.750. The summed E-state index contributed by atoms with van der Waals surface area (Å²) in [5, 5.41) is 3.41. The molecule has 0 aromatic rings. The van der Waals surface area contributed by atoms with Crippen LogP contribution in [-0.4, -0.2) is 23.0 Å². The predicted octanol–water partition coefficient (Wildman–Crippen LogP) is 3.53. The molecule has 0 aliphatic heterocycles. The van der Waals surface area contributed by atoms with Crippen LogP contribution < -0.4 is 5.32 Å². The SMILES string of the molecule is C[Si](C)(C)C#CC(=S)N[C@@H]1CCCC[C@H]1I. The Labute approximate surface area is 119 Å². The molecule has 16 heavy (non-hydrogen) atoms. The molecule has 0 bridgehead atoms. The van der Waals surface area contributed by atoms with E-state index in [0.717, 1.165) is 4.99 Å². The fourth-order valence-corrected chi connectivity index (χ4v) is 3.47. The van der Waals surface area contributed by atoms with E-state index in [1.54, 1.807) is 0 Å². The van der Waals surface area contributed by atoms with Crippen molar-refractivity contribution in [2.24, 2.45) is 0 Å². The van der Waals surface area contributed by atoms with Crippen LogP contribution in [0.25, 0.3) is 0 Å². The zero-order valence-corrected chi connectivity index (χ0v) is 14.2. The van der Waals surface area contributed by atoms with Crippen molar-refractivity contribution in [3.63, 3.8) is 0 Å². The normalized spacial score (nSPS) is 25.5. The Hall–Kier alpha value is 0.397. The average Bonchev–Trinajstić information content (AvgIpc) is 2.18. The van der Waals surface area contributed by atoms with Gasteiger partial charge in [-0.15, -0.1) is 5.54 Å². The van der Waals surface area contributed by atoms with E-state index >= 15 is 0 Å². The first-order valence-corrected chi connectivity index (χ1v) is 11.0. The maximum atomic E-state index is 5.29. The molecule has 1 N–H and O–H groups in total. The van der Waals surface area contributed by atoms with Crippen molar-refractivity contribution in [2.45, 2.75) is 55.3 Å². The Balaban J connectivity index is 2.47. The van der Waals surface area contributed by atoms with Crippen molar-refractivity contribution < 1.29 is 0 Å². The van der Waals surface area contributed by atoms with Crippen molar-refractivity contribution in [1.29, 1.82) is 0 Å². The van der Waals surface area contributed by atoms with Crippen molar-refractivity contribution in [3.05, 3.63) is 0 Å². The third-order valence-corrected chi connectivity index (χ3v) is 5.13. The van der Waals surface area contributed by atoms with Crippen LogP contribution >= 0.6 is 34.8 Å². The second-order valence-corrected chi connectivity index (χ2v) is 12.1. The fourth-order valence-electron chi connectivity index (χ4n) is 1.70. The highest BCUT2D eigenvalue weighted by atomic mass is 127. The van der Waals surface area contributed by atoms with Crippen LogP contribution in [0.4, 0.5) is 0 Å². The van der Waals surface area contributed by atoms with Gasteiger partial charge in [-0.25, -0.2) is 0 Å². The molecule has 1 aliphatic rings. The summed E-state index contributed by atoms with van der Waals surface area (Å²) < 4.78 is 0.706. The molecule has 4 heteroatoms. The Morgan fingerprint density at radius 3 is 2.50 bits per heavy atom. The van der Waals surface area contributed by atoms with Gasteiger partial charge in [-0.1, -0.05) is 67.3 Å². The van der Waals surface area contributed by atoms with Gasteiger partial charge in [-0.2, -0.15) is 0 Å². The molecule has 0 aromatic carbocycles. The largest absolute Gasteiger partial charge is 0.366 e. The lowest BCUT2D eigenvalue weighted by Crippen LogP contribution is -2.41. The predicted molar refractivity (Wildman–Crippen MR) is 86.9 cm³/mol. The third kappa shape index (κ3) is 5.64. The number of halogens is 1. The number of hydrogen-bond acceptors (Lipinski definition) is 1. The summed E-state index contributed by atoms with van der Waals surface area (Å²) in [4.78, 5) is 0.746. The topological polar surface area (TPSA) is 12.0 Å². The lowest BCUT2D eigenvalue weighted by molar-refractivity contribution is 0.438. The number of alkyl halides is 1. The van der Waals surface area contributed by atoms with Gasteiger partial charge in [0.15, 0.2) is 0 Å². The average molecular weight is 365 g/mol. The van der Waals surface area contributed by atoms with Crippen LogP contribution in [0, 0.1) is 11.5 Å². The smallest absolute Gasteiger partial charge is 0.150 e. The van der Waals surface area contributed by atoms with Gasteiger partial charge in [0.25, 0.3) is 0 Å². The molecule has 0 radical (unpaired) electrons. The van der Waals surface area contributed by atoms with Crippen molar-refractivity contribution in [2.75, 3.05) is 0 Å². The van der Waals surface area contributed by atoms with E-state index in [1.165, 1.54) is 25.7 Å². The van der Waals surface area contributed by atoms with Gasteiger partial charge in [0, 0.05) is 9.97 Å². The summed E-state index contributed by atoms with van der Waals surface area (Å²) in [6.07, 6.45) is 5.23. The molecule has 1 rings (SSSR count). The highest BCUT2D eigenvalue weighted by Gasteiger charge is 2.22. The Kier molecular flexibility index (Phi) is 5.75. The molecule has 1 saturated carbocycles. The molecule has 1 aliphatic carbocycles. The van der Waals surface area contributed by atoms with E-state index in [2.05, 4.69) is 59.0 Å². The van der Waals surface area contributed by atoms with E-state index in [4.69, 9.17) is 12.2 Å². The maximum absolute atomic E-state index is 5.29. The summed E-state index contributed by atoms with van der Waals surface area (Å²) in [5.74, 6) is 3.12. The molecule has 2 atom stereocenters. The van der Waals surface area contributed by atoms with Crippen LogP contribution in [0.3, 0.4) is 0 Å². The van der Waals surface area contributed by atoms with E-state index in [9.17, 15) is 0 Å².